The number of ether oxygens (including phenoxy) is 1. The van der Waals surface area contributed by atoms with Crippen LogP contribution >= 0.6 is 0 Å². The highest BCUT2D eigenvalue weighted by atomic mass is 16.5. The summed E-state index contributed by atoms with van der Waals surface area (Å²) in [6.07, 6.45) is 4.10. The molecule has 0 aliphatic rings. The van der Waals surface area contributed by atoms with Crippen LogP contribution in [0.4, 0.5) is 0 Å². The lowest BCUT2D eigenvalue weighted by Gasteiger charge is -2.19. The molecule has 0 radical (unpaired) electrons. The number of rotatable bonds is 4. The lowest BCUT2D eigenvalue weighted by atomic mass is 9.87. The fraction of sp³-hybridized carbons (Fsp3) is 0.375. The minimum Gasteiger partial charge on any atom is -0.492 e. The Morgan fingerprint density at radius 3 is 2.44 bits per heavy atom. The number of hydrogen-bond donors (Lipinski definition) is 0. The molecule has 1 aromatic carbocycles. The first-order chi connectivity index (χ1) is 8.55. The second-order valence-electron chi connectivity index (χ2n) is 5.55. The first-order valence-corrected chi connectivity index (χ1v) is 6.40. The van der Waals surface area contributed by atoms with E-state index in [1.807, 2.05) is 18.2 Å². The van der Waals surface area contributed by atoms with Crippen LogP contribution < -0.4 is 4.74 Å². The number of nitrogens with zero attached hydrogens (tertiary/aromatic N) is 1. The van der Waals surface area contributed by atoms with Crippen LogP contribution in [0.15, 0.2) is 48.8 Å². The van der Waals surface area contributed by atoms with Gasteiger partial charge in [0.05, 0.1) is 6.54 Å². The average Bonchev–Trinajstić information content (AvgIpc) is 2.81. The molecule has 2 aromatic rings. The molecule has 0 saturated heterocycles. The van der Waals surface area contributed by atoms with E-state index in [0.29, 0.717) is 6.61 Å². The highest BCUT2D eigenvalue weighted by Crippen LogP contribution is 2.25. The normalized spacial score (nSPS) is 11.5. The molecule has 0 fully saturated rings. The van der Waals surface area contributed by atoms with Gasteiger partial charge in [-0.25, -0.2) is 0 Å². The first kappa shape index (κ1) is 12.7. The third-order valence-corrected chi connectivity index (χ3v) is 2.98. The zero-order valence-corrected chi connectivity index (χ0v) is 11.4. The SMILES string of the molecule is CC(C)(C)c1cccc(OCCn2cccc2)c1. The van der Waals surface area contributed by atoms with Gasteiger partial charge in [-0.2, -0.15) is 0 Å². The highest BCUT2D eigenvalue weighted by Gasteiger charge is 2.13. The Hall–Kier alpha value is -1.70. The Balaban J connectivity index is 1.93. The fourth-order valence-corrected chi connectivity index (χ4v) is 1.84. The molecule has 1 aromatic heterocycles. The Bertz CT molecular complexity index is 480. The lowest BCUT2D eigenvalue weighted by Crippen LogP contribution is -2.11. The summed E-state index contributed by atoms with van der Waals surface area (Å²) in [6, 6.07) is 12.4. The highest BCUT2D eigenvalue weighted by molar-refractivity contribution is 5.32. The zero-order chi connectivity index (χ0) is 13.0. The lowest BCUT2D eigenvalue weighted by molar-refractivity contribution is 0.298. The van der Waals surface area contributed by atoms with E-state index >= 15 is 0 Å². The van der Waals surface area contributed by atoms with Crippen LogP contribution in [0, 0.1) is 0 Å². The smallest absolute Gasteiger partial charge is 0.119 e. The van der Waals surface area contributed by atoms with Crippen molar-refractivity contribution in [3.8, 4) is 5.75 Å². The molecule has 0 N–H and O–H groups in total. The molecule has 1 heterocycles. The molecule has 18 heavy (non-hydrogen) atoms. The van der Waals surface area contributed by atoms with Gasteiger partial charge in [-0.1, -0.05) is 32.9 Å². The van der Waals surface area contributed by atoms with Crippen molar-refractivity contribution in [2.75, 3.05) is 6.61 Å². The Morgan fingerprint density at radius 1 is 1.06 bits per heavy atom. The van der Waals surface area contributed by atoms with Crippen LogP contribution in [-0.2, 0) is 12.0 Å². The molecule has 0 bridgehead atoms. The topological polar surface area (TPSA) is 14.2 Å². The molecule has 0 saturated carbocycles. The number of benzene rings is 1. The van der Waals surface area contributed by atoms with Crippen molar-refractivity contribution in [2.45, 2.75) is 32.7 Å². The van der Waals surface area contributed by atoms with Gasteiger partial charge in [0.25, 0.3) is 0 Å². The largest absolute Gasteiger partial charge is 0.492 e. The minimum atomic E-state index is 0.166. The van der Waals surface area contributed by atoms with Gasteiger partial charge in [0.2, 0.25) is 0 Å². The van der Waals surface area contributed by atoms with Crippen molar-refractivity contribution in [2.24, 2.45) is 0 Å². The molecule has 0 aliphatic carbocycles. The van der Waals surface area contributed by atoms with E-state index in [4.69, 9.17) is 4.74 Å². The van der Waals surface area contributed by atoms with E-state index in [0.717, 1.165) is 12.3 Å². The maximum absolute atomic E-state index is 5.79. The second kappa shape index (κ2) is 5.30. The molecule has 96 valence electrons. The predicted molar refractivity (Wildman–Crippen MR) is 75.1 cm³/mol. The van der Waals surface area contributed by atoms with Crippen LogP contribution in [0.5, 0.6) is 5.75 Å². The van der Waals surface area contributed by atoms with Crippen molar-refractivity contribution in [1.82, 2.24) is 4.57 Å². The maximum atomic E-state index is 5.79. The van der Waals surface area contributed by atoms with E-state index in [1.54, 1.807) is 0 Å². The molecule has 0 spiro atoms. The fourth-order valence-electron chi connectivity index (χ4n) is 1.84. The average molecular weight is 243 g/mol. The van der Waals surface area contributed by atoms with Crippen LogP contribution in [0.2, 0.25) is 0 Å². The standard InChI is InChI=1S/C16H21NO/c1-16(2,3)14-7-6-8-15(13-14)18-12-11-17-9-4-5-10-17/h4-10,13H,11-12H2,1-3H3. The summed E-state index contributed by atoms with van der Waals surface area (Å²) in [5.74, 6) is 0.953. The Morgan fingerprint density at radius 2 is 1.78 bits per heavy atom. The van der Waals surface area contributed by atoms with Crippen molar-refractivity contribution in [3.63, 3.8) is 0 Å². The third-order valence-electron chi connectivity index (χ3n) is 2.98. The van der Waals surface area contributed by atoms with Gasteiger partial charge in [0.15, 0.2) is 0 Å². The second-order valence-corrected chi connectivity index (χ2v) is 5.55. The third kappa shape index (κ3) is 3.39. The minimum absolute atomic E-state index is 0.166. The summed E-state index contributed by atoms with van der Waals surface area (Å²) < 4.78 is 7.91. The summed E-state index contributed by atoms with van der Waals surface area (Å²) in [5, 5.41) is 0. The summed E-state index contributed by atoms with van der Waals surface area (Å²) in [7, 11) is 0. The van der Waals surface area contributed by atoms with E-state index in [9.17, 15) is 0 Å². The van der Waals surface area contributed by atoms with Gasteiger partial charge in [0.1, 0.15) is 12.4 Å². The maximum Gasteiger partial charge on any atom is 0.119 e. The van der Waals surface area contributed by atoms with E-state index in [2.05, 4.69) is 55.9 Å². The van der Waals surface area contributed by atoms with E-state index in [-0.39, 0.29) is 5.41 Å². The van der Waals surface area contributed by atoms with Gasteiger partial charge in [0, 0.05) is 12.4 Å². The molecule has 0 unspecified atom stereocenters. The van der Waals surface area contributed by atoms with Crippen molar-refractivity contribution in [3.05, 3.63) is 54.4 Å². The predicted octanol–water partition coefficient (Wildman–Crippen LogP) is 3.86. The molecule has 0 atom stereocenters. The van der Waals surface area contributed by atoms with Crippen LogP contribution in [0.3, 0.4) is 0 Å². The summed E-state index contributed by atoms with van der Waals surface area (Å²) >= 11 is 0. The molecular weight excluding hydrogens is 222 g/mol. The summed E-state index contributed by atoms with van der Waals surface area (Å²) in [6.45, 7) is 8.22. The summed E-state index contributed by atoms with van der Waals surface area (Å²) in [4.78, 5) is 0. The first-order valence-electron chi connectivity index (χ1n) is 6.40. The van der Waals surface area contributed by atoms with Gasteiger partial charge in [-0.3, -0.25) is 0 Å². The van der Waals surface area contributed by atoms with Gasteiger partial charge in [-0.05, 0) is 35.2 Å². The quantitative estimate of drug-likeness (QED) is 0.795. The van der Waals surface area contributed by atoms with Crippen LogP contribution in [-0.4, -0.2) is 11.2 Å². The van der Waals surface area contributed by atoms with Gasteiger partial charge in [-0.15, -0.1) is 0 Å². The number of aromatic nitrogens is 1. The monoisotopic (exact) mass is 243 g/mol. The molecule has 2 heteroatoms. The number of hydrogen-bond acceptors (Lipinski definition) is 1. The Kier molecular flexibility index (Phi) is 3.75. The van der Waals surface area contributed by atoms with Crippen molar-refractivity contribution >= 4 is 0 Å². The van der Waals surface area contributed by atoms with E-state index in [1.165, 1.54) is 5.56 Å². The molecular formula is C16H21NO. The summed E-state index contributed by atoms with van der Waals surface area (Å²) in [5.41, 5.74) is 1.47. The van der Waals surface area contributed by atoms with Crippen molar-refractivity contribution < 1.29 is 4.74 Å². The molecule has 2 nitrogen and oxygen atoms in total. The molecule has 0 aliphatic heterocycles. The van der Waals surface area contributed by atoms with Gasteiger partial charge < -0.3 is 9.30 Å². The molecule has 0 amide bonds. The molecule has 2 rings (SSSR count). The Labute approximate surface area is 109 Å². The van der Waals surface area contributed by atoms with Crippen LogP contribution in [0.25, 0.3) is 0 Å². The van der Waals surface area contributed by atoms with Gasteiger partial charge >= 0.3 is 0 Å². The zero-order valence-electron chi connectivity index (χ0n) is 11.4. The van der Waals surface area contributed by atoms with Crippen LogP contribution in [0.1, 0.15) is 26.3 Å². The van der Waals surface area contributed by atoms with Crippen molar-refractivity contribution in [1.29, 1.82) is 0 Å². The van der Waals surface area contributed by atoms with E-state index < -0.39 is 0 Å².